The van der Waals surface area contributed by atoms with Gasteiger partial charge >= 0.3 is 0 Å². The molecule has 1 heterocycles. The van der Waals surface area contributed by atoms with Crippen LogP contribution >= 0.6 is 0 Å². The number of benzene rings is 1. The number of furan rings is 1. The minimum Gasteiger partial charge on any atom is -0.453 e. The van der Waals surface area contributed by atoms with Crippen molar-refractivity contribution in [2.45, 2.75) is 32.1 Å². The number of allylic oxidation sites excluding steroid dienone is 1. The molecule has 2 aromatic rings. The molecule has 1 aromatic heterocycles. The van der Waals surface area contributed by atoms with E-state index in [9.17, 15) is 4.79 Å². The Hall–Kier alpha value is -1.83. The number of unbranched alkanes of at least 4 members (excludes halogenated alkanes) is 3. The summed E-state index contributed by atoms with van der Waals surface area (Å²) in [6.07, 6.45) is 6.61. The van der Waals surface area contributed by atoms with Gasteiger partial charge in [-0.25, -0.2) is 0 Å². The highest BCUT2D eigenvalue weighted by molar-refractivity contribution is 5.97. The van der Waals surface area contributed by atoms with Crippen molar-refractivity contribution in [3.05, 3.63) is 48.7 Å². The summed E-state index contributed by atoms with van der Waals surface area (Å²) >= 11 is 0. The largest absolute Gasteiger partial charge is 0.453 e. The quantitative estimate of drug-likeness (QED) is 0.398. The van der Waals surface area contributed by atoms with Crippen LogP contribution in [0, 0.1) is 0 Å². The maximum absolute atomic E-state index is 11.9. The van der Waals surface area contributed by atoms with Gasteiger partial charge in [0.1, 0.15) is 5.58 Å². The Morgan fingerprint density at radius 3 is 2.83 bits per heavy atom. The number of carbonyl (C=O) groups is 1. The molecule has 18 heavy (non-hydrogen) atoms. The molecule has 0 atom stereocenters. The Labute approximate surface area is 107 Å². The fourth-order valence-corrected chi connectivity index (χ4v) is 1.99. The highest BCUT2D eigenvalue weighted by Gasteiger charge is 2.11. The average molecular weight is 242 g/mol. The Balaban J connectivity index is 1.90. The lowest BCUT2D eigenvalue weighted by Gasteiger charge is -1.97. The smallest absolute Gasteiger partial charge is 0.198 e. The number of rotatable bonds is 7. The second kappa shape index (κ2) is 6.20. The van der Waals surface area contributed by atoms with E-state index >= 15 is 0 Å². The summed E-state index contributed by atoms with van der Waals surface area (Å²) in [5, 5.41) is 0.993. The van der Waals surface area contributed by atoms with E-state index in [-0.39, 0.29) is 5.78 Å². The summed E-state index contributed by atoms with van der Waals surface area (Å²) in [5.74, 6) is 0.588. The first-order valence-electron chi connectivity index (χ1n) is 6.44. The molecule has 0 aliphatic carbocycles. The molecule has 1 aromatic carbocycles. The molecule has 0 saturated carbocycles. The molecule has 94 valence electrons. The van der Waals surface area contributed by atoms with Crippen molar-refractivity contribution in [3.8, 4) is 0 Å². The van der Waals surface area contributed by atoms with Crippen molar-refractivity contribution in [3.63, 3.8) is 0 Å². The van der Waals surface area contributed by atoms with Gasteiger partial charge < -0.3 is 4.42 Å². The third-order valence-corrected chi connectivity index (χ3v) is 3.01. The predicted octanol–water partition coefficient (Wildman–Crippen LogP) is 4.75. The van der Waals surface area contributed by atoms with Gasteiger partial charge in [-0.2, -0.15) is 0 Å². The van der Waals surface area contributed by atoms with Crippen LogP contribution in [0.2, 0.25) is 0 Å². The van der Waals surface area contributed by atoms with Crippen LogP contribution in [0.5, 0.6) is 0 Å². The van der Waals surface area contributed by atoms with Crippen LogP contribution in [0.1, 0.15) is 42.7 Å². The van der Waals surface area contributed by atoms with Crippen molar-refractivity contribution in [2.75, 3.05) is 0 Å². The molecule has 0 radical (unpaired) electrons. The summed E-state index contributed by atoms with van der Waals surface area (Å²) in [7, 11) is 0. The lowest BCUT2D eigenvalue weighted by molar-refractivity contribution is 0.0954. The van der Waals surface area contributed by atoms with E-state index in [1.165, 1.54) is 0 Å². The number of para-hydroxylation sites is 1. The van der Waals surface area contributed by atoms with E-state index in [1.807, 2.05) is 36.4 Å². The molecule has 0 aliphatic rings. The maximum atomic E-state index is 11.9. The van der Waals surface area contributed by atoms with E-state index < -0.39 is 0 Å². The molecule has 0 spiro atoms. The zero-order chi connectivity index (χ0) is 12.8. The Bertz CT molecular complexity index is 504. The number of hydrogen-bond donors (Lipinski definition) is 0. The second-order valence-electron chi connectivity index (χ2n) is 4.46. The normalized spacial score (nSPS) is 10.7. The van der Waals surface area contributed by atoms with Crippen LogP contribution < -0.4 is 0 Å². The van der Waals surface area contributed by atoms with E-state index in [0.717, 1.165) is 36.7 Å². The van der Waals surface area contributed by atoms with Crippen molar-refractivity contribution in [1.82, 2.24) is 0 Å². The van der Waals surface area contributed by atoms with Crippen molar-refractivity contribution in [1.29, 1.82) is 0 Å². The van der Waals surface area contributed by atoms with E-state index in [4.69, 9.17) is 4.42 Å². The molecule has 0 fully saturated rings. The van der Waals surface area contributed by atoms with Crippen LogP contribution in [0.3, 0.4) is 0 Å². The monoisotopic (exact) mass is 242 g/mol. The third kappa shape index (κ3) is 3.10. The molecule has 0 aliphatic heterocycles. The number of ketones is 1. The van der Waals surface area contributed by atoms with Crippen LogP contribution in [0.4, 0.5) is 0 Å². The Kier molecular flexibility index (Phi) is 4.35. The third-order valence-electron chi connectivity index (χ3n) is 3.01. The molecular weight excluding hydrogens is 224 g/mol. The summed E-state index contributed by atoms with van der Waals surface area (Å²) in [4.78, 5) is 11.9. The van der Waals surface area contributed by atoms with Crippen molar-refractivity contribution >= 4 is 16.8 Å². The Morgan fingerprint density at radius 2 is 2.06 bits per heavy atom. The number of carbonyl (C=O) groups excluding carboxylic acids is 1. The van der Waals surface area contributed by atoms with Crippen LogP contribution in [0.15, 0.2) is 47.4 Å². The van der Waals surface area contributed by atoms with Gasteiger partial charge in [0.25, 0.3) is 0 Å². The standard InChI is InChI=1S/C16H18O2/c1-2-3-4-5-6-10-14(17)16-12-13-9-7-8-11-15(13)18-16/h2,7-9,11-12H,1,3-6,10H2. The first kappa shape index (κ1) is 12.6. The molecule has 0 unspecified atom stereocenters. The van der Waals surface area contributed by atoms with Gasteiger partial charge in [0, 0.05) is 11.8 Å². The fourth-order valence-electron chi connectivity index (χ4n) is 1.99. The molecule has 0 N–H and O–H groups in total. The number of fused-ring (bicyclic) bond motifs is 1. The van der Waals surface area contributed by atoms with Gasteiger partial charge in [-0.1, -0.05) is 30.7 Å². The molecule has 2 rings (SSSR count). The van der Waals surface area contributed by atoms with Crippen LogP contribution in [-0.4, -0.2) is 5.78 Å². The van der Waals surface area contributed by atoms with Crippen LogP contribution in [0.25, 0.3) is 11.0 Å². The Morgan fingerprint density at radius 1 is 1.22 bits per heavy atom. The first-order valence-corrected chi connectivity index (χ1v) is 6.44. The summed E-state index contributed by atoms with van der Waals surface area (Å²) in [6.45, 7) is 3.68. The highest BCUT2D eigenvalue weighted by atomic mass is 16.3. The number of Topliss-reactive ketones (excluding diaryl/α,β-unsaturated/α-hetero) is 1. The fraction of sp³-hybridized carbons (Fsp3) is 0.312. The summed E-state index contributed by atoms with van der Waals surface area (Å²) < 4.78 is 5.54. The zero-order valence-corrected chi connectivity index (χ0v) is 10.5. The predicted molar refractivity (Wildman–Crippen MR) is 73.8 cm³/mol. The molecule has 0 bridgehead atoms. The van der Waals surface area contributed by atoms with Crippen molar-refractivity contribution < 1.29 is 9.21 Å². The van der Waals surface area contributed by atoms with Gasteiger partial charge in [0.2, 0.25) is 0 Å². The van der Waals surface area contributed by atoms with Gasteiger partial charge in [-0.15, -0.1) is 6.58 Å². The minimum absolute atomic E-state index is 0.102. The molecule has 2 heteroatoms. The molecule has 0 saturated heterocycles. The second-order valence-corrected chi connectivity index (χ2v) is 4.46. The maximum Gasteiger partial charge on any atom is 0.198 e. The van der Waals surface area contributed by atoms with Crippen LogP contribution in [-0.2, 0) is 0 Å². The average Bonchev–Trinajstić information content (AvgIpc) is 2.82. The summed E-state index contributed by atoms with van der Waals surface area (Å²) in [6, 6.07) is 9.54. The van der Waals surface area contributed by atoms with Gasteiger partial charge in [-0.3, -0.25) is 4.79 Å². The lowest BCUT2D eigenvalue weighted by atomic mass is 10.1. The van der Waals surface area contributed by atoms with Gasteiger partial charge in [0.15, 0.2) is 11.5 Å². The van der Waals surface area contributed by atoms with E-state index in [0.29, 0.717) is 12.2 Å². The molecular formula is C16H18O2. The highest BCUT2D eigenvalue weighted by Crippen LogP contribution is 2.20. The van der Waals surface area contributed by atoms with E-state index in [2.05, 4.69) is 6.58 Å². The molecule has 0 amide bonds. The summed E-state index contributed by atoms with van der Waals surface area (Å²) in [5.41, 5.74) is 0.785. The molecule has 2 nitrogen and oxygen atoms in total. The lowest BCUT2D eigenvalue weighted by Crippen LogP contribution is -1.96. The minimum atomic E-state index is 0.102. The number of hydrogen-bond acceptors (Lipinski definition) is 2. The SMILES string of the molecule is C=CCCCCCC(=O)c1cc2ccccc2o1. The van der Waals surface area contributed by atoms with Gasteiger partial charge in [-0.05, 0) is 31.4 Å². The van der Waals surface area contributed by atoms with Gasteiger partial charge in [0.05, 0.1) is 0 Å². The van der Waals surface area contributed by atoms with E-state index in [1.54, 1.807) is 0 Å². The topological polar surface area (TPSA) is 30.2 Å². The zero-order valence-electron chi connectivity index (χ0n) is 10.5. The van der Waals surface area contributed by atoms with Crippen molar-refractivity contribution in [2.24, 2.45) is 0 Å². The first-order chi connectivity index (χ1) is 8.81.